The molecular weight excluding hydrogens is 349 g/mol. The summed E-state index contributed by atoms with van der Waals surface area (Å²) in [7, 11) is 0. The van der Waals surface area contributed by atoms with Crippen molar-refractivity contribution in [2.45, 2.75) is 36.8 Å². The molecule has 4 nitrogen and oxygen atoms in total. The van der Waals surface area contributed by atoms with Crippen LogP contribution in [0.25, 0.3) is 0 Å². The van der Waals surface area contributed by atoms with E-state index in [1.165, 1.54) is 4.90 Å². The van der Waals surface area contributed by atoms with Gasteiger partial charge in [0.2, 0.25) is 5.91 Å². The lowest BCUT2D eigenvalue weighted by molar-refractivity contribution is -0.149. The van der Waals surface area contributed by atoms with Gasteiger partial charge in [0.1, 0.15) is 25.2 Å². The number of carbonyl (C=O) groups excluding carboxylic acids is 1. The van der Waals surface area contributed by atoms with Crippen LogP contribution in [0.1, 0.15) is 30.0 Å². The number of ether oxygens (including phenoxy) is 1. The first-order valence-electron chi connectivity index (χ1n) is 7.73. The summed E-state index contributed by atoms with van der Waals surface area (Å²) in [5.74, 6) is -0.556. The molecule has 0 bridgehead atoms. The Balaban J connectivity index is 2.15. The van der Waals surface area contributed by atoms with E-state index in [9.17, 15) is 31.9 Å². The zero-order valence-corrected chi connectivity index (χ0v) is 13.0. The molecule has 1 N–H and O–H groups in total. The van der Waals surface area contributed by atoms with E-state index in [1.807, 2.05) is 0 Å². The number of alkyl halides is 5. The van der Waals surface area contributed by atoms with Crippen LogP contribution < -0.4 is 4.74 Å². The molecule has 0 aliphatic carbocycles. The standard InChI is InChI=1S/C16H16F5NO3/c17-7-15(8-18)14(24)13(22-5-1-2-12(22)23)10-6-9(16(19,20)21)3-4-11(10)25-15/h3-4,6,13-14,24H,1-2,5,7-8H2/t13-,14+/m1/s1. The molecule has 3 rings (SSSR count). The highest BCUT2D eigenvalue weighted by atomic mass is 19.4. The number of likely N-dealkylation sites (tertiary alicyclic amines) is 1. The predicted molar refractivity (Wildman–Crippen MR) is 76.4 cm³/mol. The molecular formula is C16H16F5NO3. The van der Waals surface area contributed by atoms with Crippen molar-refractivity contribution >= 4 is 5.91 Å². The molecule has 2 atom stereocenters. The second kappa shape index (κ2) is 6.12. The molecule has 1 amide bonds. The van der Waals surface area contributed by atoms with Gasteiger partial charge in [-0.05, 0) is 24.6 Å². The smallest absolute Gasteiger partial charge is 0.416 e. The van der Waals surface area contributed by atoms with Gasteiger partial charge in [0, 0.05) is 18.5 Å². The van der Waals surface area contributed by atoms with Crippen molar-refractivity contribution in [3.63, 3.8) is 0 Å². The lowest BCUT2D eigenvalue weighted by Gasteiger charge is -2.46. The maximum Gasteiger partial charge on any atom is 0.416 e. The molecule has 2 aliphatic rings. The Kier molecular flexibility index (Phi) is 4.38. The molecule has 0 saturated carbocycles. The molecule has 1 aromatic carbocycles. The van der Waals surface area contributed by atoms with Crippen molar-refractivity contribution in [2.75, 3.05) is 19.9 Å². The van der Waals surface area contributed by atoms with Gasteiger partial charge in [-0.1, -0.05) is 0 Å². The summed E-state index contributed by atoms with van der Waals surface area (Å²) in [4.78, 5) is 13.2. The zero-order valence-electron chi connectivity index (χ0n) is 13.0. The van der Waals surface area contributed by atoms with Crippen molar-refractivity contribution in [2.24, 2.45) is 0 Å². The van der Waals surface area contributed by atoms with Gasteiger partial charge in [0.15, 0.2) is 5.60 Å². The van der Waals surface area contributed by atoms with E-state index in [4.69, 9.17) is 4.74 Å². The largest absolute Gasteiger partial charge is 0.479 e. The van der Waals surface area contributed by atoms with Crippen LogP contribution in [0.4, 0.5) is 22.0 Å². The molecule has 138 valence electrons. The van der Waals surface area contributed by atoms with Crippen LogP contribution in [-0.4, -0.2) is 47.5 Å². The Labute approximate surface area is 140 Å². The number of hydrogen-bond acceptors (Lipinski definition) is 3. The maximum atomic E-state index is 13.5. The Morgan fingerprint density at radius 2 is 1.96 bits per heavy atom. The number of hydrogen-bond donors (Lipinski definition) is 1. The minimum Gasteiger partial charge on any atom is -0.479 e. The van der Waals surface area contributed by atoms with Gasteiger partial charge in [0.25, 0.3) is 0 Å². The fourth-order valence-electron chi connectivity index (χ4n) is 3.34. The second-order valence-electron chi connectivity index (χ2n) is 6.26. The molecule has 0 aromatic heterocycles. The van der Waals surface area contributed by atoms with Gasteiger partial charge >= 0.3 is 6.18 Å². The van der Waals surface area contributed by atoms with Crippen LogP contribution in [-0.2, 0) is 11.0 Å². The van der Waals surface area contributed by atoms with Crippen molar-refractivity contribution in [3.8, 4) is 5.75 Å². The highest BCUT2D eigenvalue weighted by Gasteiger charge is 2.53. The lowest BCUT2D eigenvalue weighted by Crippen LogP contribution is -2.60. The van der Waals surface area contributed by atoms with E-state index in [-0.39, 0.29) is 30.2 Å². The number of aliphatic hydroxyl groups excluding tert-OH is 1. The number of rotatable bonds is 3. The quantitative estimate of drug-likeness (QED) is 0.838. The number of fused-ring (bicyclic) bond motifs is 1. The first-order chi connectivity index (χ1) is 11.7. The van der Waals surface area contributed by atoms with E-state index >= 15 is 0 Å². The summed E-state index contributed by atoms with van der Waals surface area (Å²) in [6.07, 6.45) is -5.86. The normalized spacial score (nSPS) is 25.7. The molecule has 2 aliphatic heterocycles. The Hall–Kier alpha value is -1.90. The number of benzene rings is 1. The molecule has 2 heterocycles. The molecule has 25 heavy (non-hydrogen) atoms. The minimum atomic E-state index is -4.64. The third-order valence-electron chi connectivity index (χ3n) is 4.71. The summed E-state index contributed by atoms with van der Waals surface area (Å²) in [6.45, 7) is -2.59. The van der Waals surface area contributed by atoms with Gasteiger partial charge < -0.3 is 14.7 Å². The molecule has 1 fully saturated rings. The van der Waals surface area contributed by atoms with Crippen LogP contribution in [0, 0.1) is 0 Å². The van der Waals surface area contributed by atoms with Crippen molar-refractivity contribution in [1.82, 2.24) is 4.90 Å². The zero-order chi connectivity index (χ0) is 18.4. The summed E-state index contributed by atoms with van der Waals surface area (Å²) in [6, 6.07) is 1.17. The SMILES string of the molecule is O=C1CCCN1[C@@H]1c2cc(C(F)(F)F)ccc2OC(CF)(CF)[C@H]1O. The Bertz CT molecular complexity index is 674. The first kappa shape index (κ1) is 17.9. The molecule has 1 saturated heterocycles. The summed E-state index contributed by atoms with van der Waals surface area (Å²) >= 11 is 0. The van der Waals surface area contributed by atoms with Crippen LogP contribution in [0.5, 0.6) is 5.75 Å². The fraction of sp³-hybridized carbons (Fsp3) is 0.562. The first-order valence-corrected chi connectivity index (χ1v) is 7.73. The Morgan fingerprint density at radius 1 is 1.28 bits per heavy atom. The van der Waals surface area contributed by atoms with Gasteiger partial charge in [-0.2, -0.15) is 13.2 Å². The summed E-state index contributed by atoms with van der Waals surface area (Å²) < 4.78 is 71.3. The maximum absolute atomic E-state index is 13.5. The van der Waals surface area contributed by atoms with Crippen molar-refractivity contribution < 1.29 is 36.6 Å². The lowest BCUT2D eigenvalue weighted by atomic mass is 9.84. The van der Waals surface area contributed by atoms with E-state index in [0.29, 0.717) is 6.42 Å². The van der Waals surface area contributed by atoms with E-state index in [0.717, 1.165) is 18.2 Å². The van der Waals surface area contributed by atoms with E-state index < -0.39 is 42.8 Å². The number of aliphatic hydroxyl groups is 1. The predicted octanol–water partition coefficient (Wildman–Crippen LogP) is 2.80. The summed E-state index contributed by atoms with van der Waals surface area (Å²) in [5.41, 5.74) is -3.35. The number of nitrogens with zero attached hydrogens (tertiary/aromatic N) is 1. The number of halogens is 5. The third kappa shape index (κ3) is 2.84. The van der Waals surface area contributed by atoms with Gasteiger partial charge in [-0.25, -0.2) is 8.78 Å². The minimum absolute atomic E-state index is 0.102. The van der Waals surface area contributed by atoms with Gasteiger partial charge in [-0.3, -0.25) is 4.79 Å². The number of amides is 1. The van der Waals surface area contributed by atoms with E-state index in [1.54, 1.807) is 0 Å². The van der Waals surface area contributed by atoms with Crippen molar-refractivity contribution in [1.29, 1.82) is 0 Å². The van der Waals surface area contributed by atoms with Crippen LogP contribution in [0.3, 0.4) is 0 Å². The van der Waals surface area contributed by atoms with Crippen LogP contribution in [0.2, 0.25) is 0 Å². The van der Waals surface area contributed by atoms with Crippen molar-refractivity contribution in [3.05, 3.63) is 29.3 Å². The average molecular weight is 365 g/mol. The van der Waals surface area contributed by atoms with Crippen LogP contribution in [0.15, 0.2) is 18.2 Å². The topological polar surface area (TPSA) is 49.8 Å². The van der Waals surface area contributed by atoms with Gasteiger partial charge in [-0.15, -0.1) is 0 Å². The molecule has 0 unspecified atom stereocenters. The summed E-state index contributed by atoms with van der Waals surface area (Å²) in [5, 5.41) is 10.5. The van der Waals surface area contributed by atoms with Gasteiger partial charge in [0.05, 0.1) is 11.6 Å². The fourth-order valence-corrected chi connectivity index (χ4v) is 3.34. The molecule has 0 radical (unpaired) electrons. The molecule has 9 heteroatoms. The molecule has 1 aromatic rings. The number of carbonyl (C=O) groups is 1. The Morgan fingerprint density at radius 3 is 2.48 bits per heavy atom. The monoisotopic (exact) mass is 365 g/mol. The molecule has 0 spiro atoms. The van der Waals surface area contributed by atoms with Crippen LogP contribution >= 0.6 is 0 Å². The second-order valence-corrected chi connectivity index (χ2v) is 6.26. The average Bonchev–Trinajstić information content (AvgIpc) is 2.99. The third-order valence-corrected chi connectivity index (χ3v) is 4.71. The van der Waals surface area contributed by atoms with E-state index in [2.05, 4.69) is 0 Å². The highest BCUT2D eigenvalue weighted by Crippen LogP contribution is 2.46. The highest BCUT2D eigenvalue weighted by molar-refractivity contribution is 5.79.